The lowest BCUT2D eigenvalue weighted by Gasteiger charge is -2.38. The first-order valence-electron chi connectivity index (χ1n) is 9.53. The summed E-state index contributed by atoms with van der Waals surface area (Å²) in [6.07, 6.45) is -0.0406. The molecule has 28 heavy (non-hydrogen) atoms. The SMILES string of the molecule is COc1ccc([C@@H]2c3cc4c(cc3O[C@H](c3ccccc3)[C@H]2C)OCO4)cc1. The number of hydrogen-bond donors (Lipinski definition) is 0. The van der Waals surface area contributed by atoms with Crippen LogP contribution in [-0.2, 0) is 0 Å². The summed E-state index contributed by atoms with van der Waals surface area (Å²) in [7, 11) is 1.69. The van der Waals surface area contributed by atoms with Crippen LogP contribution >= 0.6 is 0 Å². The van der Waals surface area contributed by atoms with Crippen molar-refractivity contribution in [1.29, 1.82) is 0 Å². The molecule has 2 heterocycles. The topological polar surface area (TPSA) is 36.9 Å². The minimum Gasteiger partial charge on any atom is -0.497 e. The largest absolute Gasteiger partial charge is 0.497 e. The Balaban J connectivity index is 1.64. The quantitative estimate of drug-likeness (QED) is 0.621. The zero-order chi connectivity index (χ0) is 19.1. The number of ether oxygens (including phenoxy) is 4. The first-order chi connectivity index (χ1) is 13.7. The van der Waals surface area contributed by atoms with Gasteiger partial charge in [-0.3, -0.25) is 0 Å². The van der Waals surface area contributed by atoms with E-state index >= 15 is 0 Å². The Kier molecular flexibility index (Phi) is 4.12. The molecule has 0 fully saturated rings. The Labute approximate surface area is 164 Å². The van der Waals surface area contributed by atoms with E-state index in [0.29, 0.717) is 0 Å². The zero-order valence-electron chi connectivity index (χ0n) is 15.9. The number of rotatable bonds is 3. The van der Waals surface area contributed by atoms with Crippen molar-refractivity contribution in [3.05, 3.63) is 83.4 Å². The highest BCUT2D eigenvalue weighted by Gasteiger charge is 2.38. The van der Waals surface area contributed by atoms with E-state index in [2.05, 4.69) is 49.4 Å². The van der Waals surface area contributed by atoms with Gasteiger partial charge in [-0.05, 0) is 29.3 Å². The molecule has 3 aromatic carbocycles. The molecule has 0 saturated heterocycles. The lowest BCUT2D eigenvalue weighted by molar-refractivity contribution is 0.111. The molecule has 2 aliphatic rings. The van der Waals surface area contributed by atoms with E-state index in [9.17, 15) is 0 Å². The Morgan fingerprint density at radius 3 is 2.25 bits per heavy atom. The molecule has 0 aromatic heterocycles. The maximum absolute atomic E-state index is 6.49. The molecule has 4 nitrogen and oxygen atoms in total. The summed E-state index contributed by atoms with van der Waals surface area (Å²) in [4.78, 5) is 0. The molecule has 0 aliphatic carbocycles. The smallest absolute Gasteiger partial charge is 0.231 e. The van der Waals surface area contributed by atoms with Crippen LogP contribution in [0.1, 0.15) is 35.6 Å². The van der Waals surface area contributed by atoms with Crippen LogP contribution in [0.3, 0.4) is 0 Å². The molecule has 0 saturated carbocycles. The van der Waals surface area contributed by atoms with Gasteiger partial charge in [0.1, 0.15) is 17.6 Å². The van der Waals surface area contributed by atoms with Gasteiger partial charge in [0.15, 0.2) is 11.5 Å². The van der Waals surface area contributed by atoms with E-state index in [-0.39, 0.29) is 24.7 Å². The first-order valence-corrected chi connectivity index (χ1v) is 9.53. The molecule has 4 heteroatoms. The molecule has 0 unspecified atom stereocenters. The highest BCUT2D eigenvalue weighted by atomic mass is 16.7. The van der Waals surface area contributed by atoms with Crippen molar-refractivity contribution in [3.8, 4) is 23.0 Å². The minimum atomic E-state index is -0.0406. The molecule has 2 aliphatic heterocycles. The molecule has 0 radical (unpaired) electrons. The van der Waals surface area contributed by atoms with Gasteiger partial charge in [-0.1, -0.05) is 49.4 Å². The molecule has 5 rings (SSSR count). The standard InChI is InChI=1S/C24H22O4/c1-15-23(16-8-10-18(25-2)11-9-16)19-12-21-22(27-14-26-21)13-20(19)28-24(15)17-6-4-3-5-7-17/h3-13,15,23-24H,14H2,1-2H3/t15-,23+,24-/m0/s1. The predicted molar refractivity (Wildman–Crippen MR) is 106 cm³/mol. The van der Waals surface area contributed by atoms with Crippen LogP contribution in [0.15, 0.2) is 66.7 Å². The predicted octanol–water partition coefficient (Wildman–Crippen LogP) is 5.33. The van der Waals surface area contributed by atoms with Gasteiger partial charge in [-0.25, -0.2) is 0 Å². The molecule has 0 N–H and O–H groups in total. The third-order valence-electron chi connectivity index (χ3n) is 5.70. The van der Waals surface area contributed by atoms with E-state index in [1.807, 2.05) is 24.3 Å². The first kappa shape index (κ1) is 17.0. The molecule has 0 bridgehead atoms. The molecule has 3 aromatic rings. The fourth-order valence-corrected chi connectivity index (χ4v) is 4.29. The average molecular weight is 374 g/mol. The van der Waals surface area contributed by atoms with Crippen LogP contribution in [0.5, 0.6) is 23.0 Å². The van der Waals surface area contributed by atoms with Gasteiger partial charge in [-0.15, -0.1) is 0 Å². The summed E-state index contributed by atoms with van der Waals surface area (Å²) >= 11 is 0. The maximum Gasteiger partial charge on any atom is 0.231 e. The summed E-state index contributed by atoms with van der Waals surface area (Å²) in [5.74, 6) is 3.66. The van der Waals surface area contributed by atoms with Gasteiger partial charge < -0.3 is 18.9 Å². The Morgan fingerprint density at radius 2 is 1.54 bits per heavy atom. The maximum atomic E-state index is 6.49. The third-order valence-corrected chi connectivity index (χ3v) is 5.70. The number of fused-ring (bicyclic) bond motifs is 2. The van der Waals surface area contributed by atoms with Crippen molar-refractivity contribution in [2.75, 3.05) is 13.9 Å². The monoisotopic (exact) mass is 374 g/mol. The highest BCUT2D eigenvalue weighted by molar-refractivity contribution is 5.56. The van der Waals surface area contributed by atoms with E-state index in [0.717, 1.165) is 28.6 Å². The summed E-state index contributed by atoms with van der Waals surface area (Å²) in [6.45, 7) is 2.50. The van der Waals surface area contributed by atoms with E-state index in [1.54, 1.807) is 7.11 Å². The van der Waals surface area contributed by atoms with Crippen LogP contribution in [0.2, 0.25) is 0 Å². The second kappa shape index (κ2) is 6.79. The second-order valence-corrected chi connectivity index (χ2v) is 7.30. The normalized spacial score (nSPS) is 22.3. The van der Waals surface area contributed by atoms with Crippen molar-refractivity contribution in [2.24, 2.45) is 5.92 Å². The van der Waals surface area contributed by atoms with Crippen LogP contribution in [0, 0.1) is 5.92 Å². The molecule has 0 amide bonds. The van der Waals surface area contributed by atoms with Crippen molar-refractivity contribution in [2.45, 2.75) is 18.9 Å². The van der Waals surface area contributed by atoms with Crippen molar-refractivity contribution in [3.63, 3.8) is 0 Å². The second-order valence-electron chi connectivity index (χ2n) is 7.30. The van der Waals surface area contributed by atoms with Gasteiger partial charge in [0, 0.05) is 23.5 Å². The molecular weight excluding hydrogens is 352 g/mol. The Bertz CT molecular complexity index is 981. The van der Waals surface area contributed by atoms with Gasteiger partial charge in [0.25, 0.3) is 0 Å². The molecule has 3 atom stereocenters. The fourth-order valence-electron chi connectivity index (χ4n) is 4.29. The summed E-state index contributed by atoms with van der Waals surface area (Å²) in [5.41, 5.74) is 3.54. The molecular formula is C24H22O4. The van der Waals surface area contributed by atoms with Crippen molar-refractivity contribution in [1.82, 2.24) is 0 Å². The Morgan fingerprint density at radius 1 is 0.821 bits per heavy atom. The number of hydrogen-bond acceptors (Lipinski definition) is 4. The van der Waals surface area contributed by atoms with Gasteiger partial charge in [0.2, 0.25) is 6.79 Å². The molecule has 0 spiro atoms. The third kappa shape index (κ3) is 2.76. The lowest BCUT2D eigenvalue weighted by atomic mass is 9.75. The lowest BCUT2D eigenvalue weighted by Crippen LogP contribution is -2.28. The Hall–Kier alpha value is -3.14. The van der Waals surface area contributed by atoms with Crippen molar-refractivity contribution >= 4 is 0 Å². The van der Waals surface area contributed by atoms with E-state index < -0.39 is 0 Å². The molecule has 142 valence electrons. The van der Waals surface area contributed by atoms with Crippen LogP contribution in [-0.4, -0.2) is 13.9 Å². The van der Waals surface area contributed by atoms with E-state index in [4.69, 9.17) is 18.9 Å². The number of benzene rings is 3. The van der Waals surface area contributed by atoms with Crippen LogP contribution < -0.4 is 18.9 Å². The summed E-state index contributed by atoms with van der Waals surface area (Å²) < 4.78 is 23.1. The van der Waals surface area contributed by atoms with Gasteiger partial charge >= 0.3 is 0 Å². The van der Waals surface area contributed by atoms with Crippen molar-refractivity contribution < 1.29 is 18.9 Å². The van der Waals surface area contributed by atoms with Gasteiger partial charge in [-0.2, -0.15) is 0 Å². The average Bonchev–Trinajstić information content (AvgIpc) is 3.20. The highest BCUT2D eigenvalue weighted by Crippen LogP contribution is 2.52. The zero-order valence-corrected chi connectivity index (χ0v) is 15.9. The number of methoxy groups -OCH3 is 1. The van der Waals surface area contributed by atoms with Gasteiger partial charge in [0.05, 0.1) is 7.11 Å². The minimum absolute atomic E-state index is 0.0406. The van der Waals surface area contributed by atoms with E-state index in [1.165, 1.54) is 11.1 Å². The summed E-state index contributed by atoms with van der Waals surface area (Å²) in [6, 6.07) is 22.8. The van der Waals surface area contributed by atoms with Crippen LogP contribution in [0.4, 0.5) is 0 Å². The fraction of sp³-hybridized carbons (Fsp3) is 0.250. The summed E-state index contributed by atoms with van der Waals surface area (Å²) in [5, 5.41) is 0. The van der Waals surface area contributed by atoms with Crippen LogP contribution in [0.25, 0.3) is 0 Å².